The predicted molar refractivity (Wildman–Crippen MR) is 127 cm³/mol. The average Bonchev–Trinajstić information content (AvgIpc) is 2.82. The van der Waals surface area contributed by atoms with Crippen molar-refractivity contribution >= 4 is 0 Å². The molecule has 0 N–H and O–H groups in total. The lowest BCUT2D eigenvalue weighted by atomic mass is 9.77. The topological polar surface area (TPSA) is 0 Å². The quantitative estimate of drug-likeness (QED) is 0.290. The highest BCUT2D eigenvalue weighted by Crippen LogP contribution is 2.41. The molecule has 0 nitrogen and oxygen atoms in total. The van der Waals surface area contributed by atoms with Crippen molar-refractivity contribution in [2.75, 3.05) is 0 Å². The van der Waals surface area contributed by atoms with E-state index in [1.807, 2.05) is 0 Å². The Bertz CT molecular complexity index is 1240. The first-order chi connectivity index (χ1) is 17.4. The molecule has 8 heteroatoms. The molecule has 0 bridgehead atoms. The van der Waals surface area contributed by atoms with Crippen molar-refractivity contribution in [1.82, 2.24) is 0 Å². The molecule has 3 aromatic rings. The molecule has 37 heavy (non-hydrogen) atoms. The second-order valence-electron chi connectivity index (χ2n) is 9.80. The van der Waals surface area contributed by atoms with Crippen LogP contribution >= 0.6 is 0 Å². The molecule has 1 atom stereocenters. The summed E-state index contributed by atoms with van der Waals surface area (Å²) in [5.41, 5.74) is -1.99. The van der Waals surface area contributed by atoms with E-state index in [0.29, 0.717) is 25.0 Å². The molecule has 0 aromatic heterocycles. The number of hydrogen-bond acceptors (Lipinski definition) is 0. The molecule has 0 saturated heterocycles. The van der Waals surface area contributed by atoms with Gasteiger partial charge >= 0.3 is 6.18 Å². The van der Waals surface area contributed by atoms with Gasteiger partial charge in [-0.2, -0.15) is 13.2 Å². The fraction of sp³-hybridized carbons (Fsp3) is 0.379. The van der Waals surface area contributed by atoms with Gasteiger partial charge in [0.25, 0.3) is 0 Å². The van der Waals surface area contributed by atoms with Crippen molar-refractivity contribution in [2.24, 2.45) is 5.92 Å². The zero-order valence-corrected chi connectivity index (χ0v) is 20.3. The summed E-state index contributed by atoms with van der Waals surface area (Å²) < 4.78 is 113. The Morgan fingerprint density at radius 1 is 0.730 bits per heavy atom. The van der Waals surface area contributed by atoms with E-state index in [4.69, 9.17) is 0 Å². The molecule has 1 saturated carbocycles. The van der Waals surface area contributed by atoms with Crippen molar-refractivity contribution < 1.29 is 35.1 Å². The fourth-order valence-corrected chi connectivity index (χ4v) is 5.23. The van der Waals surface area contributed by atoms with Crippen LogP contribution in [-0.2, 0) is 0 Å². The number of hydrogen-bond donors (Lipinski definition) is 0. The van der Waals surface area contributed by atoms with Crippen LogP contribution in [0.3, 0.4) is 0 Å². The Hall–Kier alpha value is -2.90. The summed E-state index contributed by atoms with van der Waals surface area (Å²) in [4.78, 5) is 0. The van der Waals surface area contributed by atoms with E-state index >= 15 is 4.39 Å². The molecule has 0 heterocycles. The van der Waals surface area contributed by atoms with Crippen LogP contribution in [0.25, 0.3) is 22.3 Å². The zero-order valence-electron chi connectivity index (χ0n) is 20.3. The summed E-state index contributed by atoms with van der Waals surface area (Å²) in [6, 6.07) is 7.17. The van der Waals surface area contributed by atoms with Gasteiger partial charge in [0.2, 0.25) is 0 Å². The summed E-state index contributed by atoms with van der Waals surface area (Å²) in [6.07, 6.45) is 0.240. The lowest BCUT2D eigenvalue weighted by Crippen LogP contribution is -2.20. The number of rotatable bonds is 5. The Balaban J connectivity index is 1.65. The van der Waals surface area contributed by atoms with Crippen molar-refractivity contribution in [3.8, 4) is 22.3 Å². The number of alkyl halides is 3. The smallest absolute Gasteiger partial charge is 0.207 e. The highest BCUT2D eigenvalue weighted by Gasteiger charge is 2.40. The van der Waals surface area contributed by atoms with E-state index in [1.54, 1.807) is 6.07 Å². The molecule has 0 radical (unpaired) electrons. The Morgan fingerprint density at radius 3 is 1.76 bits per heavy atom. The van der Waals surface area contributed by atoms with E-state index in [1.165, 1.54) is 12.1 Å². The standard InChI is InChI=1S/C29H26F8/c1-3-16-4-6-17(7-5-16)18-8-9-21(22(30)10-18)19-11-25(33)28(26(34)12-19)20-13-23(31)27(24(32)14-20)15(2)29(35,36)37/h8-17H,3-7H2,1-2H3. The van der Waals surface area contributed by atoms with Gasteiger partial charge in [-0.05, 0) is 91.5 Å². The van der Waals surface area contributed by atoms with Crippen LogP contribution in [0.4, 0.5) is 35.1 Å². The SMILES string of the molecule is CCC1CCC(c2ccc(-c3cc(F)c(-c4cc(F)c(C(C)C(F)(F)F)c(F)c4)c(F)c3)c(F)c2)CC1. The summed E-state index contributed by atoms with van der Waals surface area (Å²) in [7, 11) is 0. The highest BCUT2D eigenvalue weighted by molar-refractivity contribution is 5.72. The zero-order chi connectivity index (χ0) is 27.1. The third kappa shape index (κ3) is 5.53. The molecule has 4 rings (SSSR count). The van der Waals surface area contributed by atoms with Crippen LogP contribution in [0.15, 0.2) is 42.5 Å². The van der Waals surface area contributed by atoms with E-state index in [2.05, 4.69) is 6.92 Å². The first kappa shape index (κ1) is 27.1. The first-order valence-electron chi connectivity index (χ1n) is 12.3. The van der Waals surface area contributed by atoms with E-state index < -0.39 is 57.9 Å². The maximum absolute atomic E-state index is 15.0. The van der Waals surface area contributed by atoms with Crippen LogP contribution in [0.1, 0.15) is 68.9 Å². The molecule has 1 aliphatic carbocycles. The molecule has 3 aromatic carbocycles. The van der Waals surface area contributed by atoms with Gasteiger partial charge in [-0.1, -0.05) is 25.5 Å². The van der Waals surface area contributed by atoms with Gasteiger partial charge in [0.15, 0.2) is 0 Å². The van der Waals surface area contributed by atoms with E-state index in [0.717, 1.165) is 49.8 Å². The van der Waals surface area contributed by atoms with Crippen LogP contribution < -0.4 is 0 Å². The van der Waals surface area contributed by atoms with Gasteiger partial charge in [-0.25, -0.2) is 22.0 Å². The molecule has 0 aliphatic heterocycles. The van der Waals surface area contributed by atoms with Gasteiger partial charge in [0, 0.05) is 11.1 Å². The summed E-state index contributed by atoms with van der Waals surface area (Å²) in [5.74, 6) is -7.81. The Morgan fingerprint density at radius 2 is 1.27 bits per heavy atom. The minimum atomic E-state index is -4.91. The lowest BCUT2D eigenvalue weighted by Gasteiger charge is -2.28. The van der Waals surface area contributed by atoms with Crippen LogP contribution in [0, 0.1) is 35.0 Å². The molecule has 0 spiro atoms. The molecular weight excluding hydrogens is 500 g/mol. The van der Waals surface area contributed by atoms with Crippen molar-refractivity contribution in [1.29, 1.82) is 0 Å². The maximum atomic E-state index is 15.0. The maximum Gasteiger partial charge on any atom is 0.395 e. The van der Waals surface area contributed by atoms with Gasteiger partial charge in [0.1, 0.15) is 29.1 Å². The average molecular weight is 527 g/mol. The third-order valence-corrected chi connectivity index (χ3v) is 7.53. The normalized spacial score (nSPS) is 19.2. The van der Waals surface area contributed by atoms with Crippen LogP contribution in [0.2, 0.25) is 0 Å². The molecular formula is C29H26F8. The van der Waals surface area contributed by atoms with E-state index in [9.17, 15) is 30.7 Å². The second-order valence-corrected chi connectivity index (χ2v) is 9.80. The largest absolute Gasteiger partial charge is 0.395 e. The highest BCUT2D eigenvalue weighted by atomic mass is 19.4. The number of halogens is 8. The molecule has 1 fully saturated rings. The Labute approximate surface area is 210 Å². The van der Waals surface area contributed by atoms with E-state index in [-0.39, 0.29) is 17.0 Å². The summed E-state index contributed by atoms with van der Waals surface area (Å²) in [5, 5.41) is 0. The van der Waals surface area contributed by atoms with Gasteiger partial charge in [-0.3, -0.25) is 0 Å². The second kappa shape index (κ2) is 10.5. The van der Waals surface area contributed by atoms with Gasteiger partial charge in [0.05, 0.1) is 11.5 Å². The molecule has 1 unspecified atom stereocenters. The molecule has 0 amide bonds. The van der Waals surface area contributed by atoms with Crippen LogP contribution in [0.5, 0.6) is 0 Å². The molecule has 198 valence electrons. The number of benzene rings is 3. The minimum absolute atomic E-state index is 0.0398. The van der Waals surface area contributed by atoms with Gasteiger partial charge < -0.3 is 0 Å². The van der Waals surface area contributed by atoms with Gasteiger partial charge in [-0.15, -0.1) is 0 Å². The first-order valence-corrected chi connectivity index (χ1v) is 12.3. The minimum Gasteiger partial charge on any atom is -0.207 e. The van der Waals surface area contributed by atoms with Crippen molar-refractivity contribution in [2.45, 2.75) is 64.0 Å². The Kier molecular flexibility index (Phi) is 7.67. The summed E-state index contributed by atoms with van der Waals surface area (Å²) in [6.45, 7) is 2.74. The fourth-order valence-electron chi connectivity index (χ4n) is 5.23. The van der Waals surface area contributed by atoms with Crippen molar-refractivity contribution in [3.05, 3.63) is 82.7 Å². The molecule has 1 aliphatic rings. The lowest BCUT2D eigenvalue weighted by molar-refractivity contribution is -0.147. The predicted octanol–water partition coefficient (Wildman–Crippen LogP) is 10.1. The van der Waals surface area contributed by atoms with Crippen LogP contribution in [-0.4, -0.2) is 6.18 Å². The monoisotopic (exact) mass is 526 g/mol. The van der Waals surface area contributed by atoms with Crippen molar-refractivity contribution in [3.63, 3.8) is 0 Å². The third-order valence-electron chi connectivity index (χ3n) is 7.53. The summed E-state index contributed by atoms with van der Waals surface area (Å²) >= 11 is 0.